The summed E-state index contributed by atoms with van der Waals surface area (Å²) in [6.45, 7) is 4.05. The molecular formula is C21H22Cl2N4OS. The Morgan fingerprint density at radius 2 is 2.00 bits per heavy atom. The van der Waals surface area contributed by atoms with E-state index in [0.29, 0.717) is 15.2 Å². The van der Waals surface area contributed by atoms with Crippen LogP contribution in [0.5, 0.6) is 0 Å². The minimum atomic E-state index is -0.174. The van der Waals surface area contributed by atoms with Gasteiger partial charge in [-0.05, 0) is 42.7 Å². The highest BCUT2D eigenvalue weighted by atomic mass is 35.5. The number of thioether (sulfide) groups is 1. The fraction of sp³-hybridized carbons (Fsp3) is 0.286. The van der Waals surface area contributed by atoms with Gasteiger partial charge in [0, 0.05) is 17.1 Å². The van der Waals surface area contributed by atoms with Crippen LogP contribution in [0, 0.1) is 0 Å². The Morgan fingerprint density at radius 3 is 2.72 bits per heavy atom. The van der Waals surface area contributed by atoms with Crippen LogP contribution in [0.25, 0.3) is 5.69 Å². The first-order chi connectivity index (χ1) is 13.9. The van der Waals surface area contributed by atoms with E-state index in [4.69, 9.17) is 23.2 Å². The summed E-state index contributed by atoms with van der Waals surface area (Å²) in [6.07, 6.45) is 2.58. The minimum Gasteiger partial charge on any atom is -0.338 e. The van der Waals surface area contributed by atoms with Gasteiger partial charge in [0.2, 0.25) is 5.91 Å². The van der Waals surface area contributed by atoms with Crippen molar-refractivity contribution in [2.75, 3.05) is 12.8 Å². The first-order valence-corrected chi connectivity index (χ1v) is 11.0. The van der Waals surface area contributed by atoms with Gasteiger partial charge >= 0.3 is 0 Å². The van der Waals surface area contributed by atoms with Gasteiger partial charge in [0.25, 0.3) is 0 Å². The molecule has 1 heterocycles. The van der Waals surface area contributed by atoms with E-state index < -0.39 is 0 Å². The number of amides is 1. The molecule has 1 unspecified atom stereocenters. The summed E-state index contributed by atoms with van der Waals surface area (Å²) >= 11 is 13.6. The number of halogens is 2. The first-order valence-electron chi connectivity index (χ1n) is 9.24. The number of para-hydroxylation sites is 1. The molecule has 0 fully saturated rings. The zero-order chi connectivity index (χ0) is 21.0. The summed E-state index contributed by atoms with van der Waals surface area (Å²) < 4.78 is 1.93. The third kappa shape index (κ3) is 4.94. The van der Waals surface area contributed by atoms with Crippen molar-refractivity contribution in [3.63, 3.8) is 0 Å². The van der Waals surface area contributed by atoms with E-state index >= 15 is 0 Å². The predicted molar refractivity (Wildman–Crippen MR) is 119 cm³/mol. The Morgan fingerprint density at radius 1 is 1.24 bits per heavy atom. The highest BCUT2D eigenvalue weighted by Gasteiger charge is 2.21. The monoisotopic (exact) mass is 448 g/mol. The lowest BCUT2D eigenvalue weighted by Gasteiger charge is -2.26. The third-order valence-electron chi connectivity index (χ3n) is 4.86. The molecule has 5 nitrogen and oxygen atoms in total. The van der Waals surface area contributed by atoms with E-state index in [0.717, 1.165) is 17.7 Å². The molecule has 1 atom stereocenters. The van der Waals surface area contributed by atoms with Crippen LogP contribution in [0.4, 0.5) is 0 Å². The highest BCUT2D eigenvalue weighted by molar-refractivity contribution is 7.99. The van der Waals surface area contributed by atoms with Crippen LogP contribution in [0.1, 0.15) is 31.0 Å². The number of nitrogens with zero attached hydrogens (tertiary/aromatic N) is 4. The van der Waals surface area contributed by atoms with Gasteiger partial charge in [0.05, 0.1) is 17.5 Å². The van der Waals surface area contributed by atoms with Crippen LogP contribution in [0.3, 0.4) is 0 Å². The Kier molecular flexibility index (Phi) is 7.22. The molecular weight excluding hydrogens is 427 g/mol. The summed E-state index contributed by atoms with van der Waals surface area (Å²) in [5.41, 5.74) is 3.09. The normalized spacial score (nSPS) is 12.0. The molecule has 152 valence electrons. The number of aryl methyl sites for hydroxylation is 1. The number of carbonyl (C=O) groups is 1. The second-order valence-corrected chi connectivity index (χ2v) is 8.39. The number of carbonyl (C=O) groups excluding carboxylic acids is 1. The standard InChI is InChI=1S/C21H22Cl2N4OS/c1-4-15-7-5-6-8-19(15)27-13-24-25-21(27)29-12-20(28)26(3)14(2)17-10-9-16(22)11-18(17)23/h5-11,13-14H,4,12H2,1-3H3. The number of hydrogen-bond donors (Lipinski definition) is 0. The minimum absolute atomic E-state index is 0.0214. The van der Waals surface area contributed by atoms with E-state index in [1.165, 1.54) is 17.3 Å². The third-order valence-corrected chi connectivity index (χ3v) is 6.35. The van der Waals surface area contributed by atoms with Crippen molar-refractivity contribution in [2.45, 2.75) is 31.5 Å². The molecule has 0 aliphatic rings. The second-order valence-electron chi connectivity index (χ2n) is 6.60. The lowest BCUT2D eigenvalue weighted by atomic mass is 10.1. The SMILES string of the molecule is CCc1ccccc1-n1cnnc1SCC(=O)N(C)C(C)c1ccc(Cl)cc1Cl. The van der Waals surface area contributed by atoms with Gasteiger partial charge in [-0.25, -0.2) is 0 Å². The molecule has 8 heteroatoms. The summed E-state index contributed by atoms with van der Waals surface area (Å²) in [6, 6.07) is 13.3. The van der Waals surface area contributed by atoms with Crippen LogP contribution in [-0.2, 0) is 11.2 Å². The largest absolute Gasteiger partial charge is 0.338 e. The first kappa shape index (κ1) is 21.7. The van der Waals surface area contributed by atoms with Crippen molar-refractivity contribution in [1.29, 1.82) is 0 Å². The van der Waals surface area contributed by atoms with Crippen molar-refractivity contribution < 1.29 is 4.79 Å². The highest BCUT2D eigenvalue weighted by Crippen LogP contribution is 2.30. The molecule has 0 saturated carbocycles. The van der Waals surface area contributed by atoms with Gasteiger partial charge in [-0.2, -0.15) is 0 Å². The quantitative estimate of drug-likeness (QED) is 0.451. The number of benzene rings is 2. The van der Waals surface area contributed by atoms with Gasteiger partial charge < -0.3 is 4.90 Å². The smallest absolute Gasteiger partial charge is 0.233 e. The molecule has 0 radical (unpaired) electrons. The number of hydrogen-bond acceptors (Lipinski definition) is 4. The van der Waals surface area contributed by atoms with Gasteiger partial charge in [-0.1, -0.05) is 66.2 Å². The topological polar surface area (TPSA) is 51.0 Å². The van der Waals surface area contributed by atoms with E-state index in [2.05, 4.69) is 23.2 Å². The Balaban J connectivity index is 1.71. The van der Waals surface area contributed by atoms with E-state index in [9.17, 15) is 4.79 Å². The summed E-state index contributed by atoms with van der Waals surface area (Å²) in [5, 5.41) is 10.0. The van der Waals surface area contributed by atoms with E-state index in [1.807, 2.05) is 35.8 Å². The maximum atomic E-state index is 12.8. The number of aromatic nitrogens is 3. The fourth-order valence-electron chi connectivity index (χ4n) is 3.03. The van der Waals surface area contributed by atoms with E-state index in [-0.39, 0.29) is 17.7 Å². The average Bonchev–Trinajstić information content (AvgIpc) is 3.19. The van der Waals surface area contributed by atoms with Crippen LogP contribution < -0.4 is 0 Å². The predicted octanol–water partition coefficient (Wildman–Crippen LogP) is 5.45. The molecule has 3 aromatic rings. The maximum absolute atomic E-state index is 12.8. The number of rotatable bonds is 7. The lowest BCUT2D eigenvalue weighted by Crippen LogP contribution is -2.31. The zero-order valence-electron chi connectivity index (χ0n) is 16.5. The van der Waals surface area contributed by atoms with E-state index in [1.54, 1.807) is 30.4 Å². The van der Waals surface area contributed by atoms with Crippen molar-refractivity contribution in [3.05, 3.63) is 70.0 Å². The van der Waals surface area contributed by atoms with Crippen LogP contribution in [0.15, 0.2) is 53.9 Å². The second kappa shape index (κ2) is 9.65. The summed E-state index contributed by atoms with van der Waals surface area (Å²) in [5.74, 6) is 0.228. The van der Waals surface area contributed by atoms with Gasteiger partial charge in [-0.15, -0.1) is 10.2 Å². The lowest BCUT2D eigenvalue weighted by molar-refractivity contribution is -0.128. The van der Waals surface area contributed by atoms with Gasteiger partial charge in [-0.3, -0.25) is 9.36 Å². The molecule has 0 aliphatic heterocycles. The van der Waals surface area contributed by atoms with Crippen molar-refractivity contribution in [1.82, 2.24) is 19.7 Å². The van der Waals surface area contributed by atoms with Gasteiger partial charge in [0.1, 0.15) is 6.33 Å². The Bertz CT molecular complexity index is 1010. The van der Waals surface area contributed by atoms with Crippen molar-refractivity contribution in [2.24, 2.45) is 0 Å². The molecule has 0 aliphatic carbocycles. The molecule has 1 amide bonds. The van der Waals surface area contributed by atoms with Crippen molar-refractivity contribution in [3.8, 4) is 5.69 Å². The molecule has 0 N–H and O–H groups in total. The van der Waals surface area contributed by atoms with Crippen LogP contribution in [0.2, 0.25) is 10.0 Å². The molecule has 29 heavy (non-hydrogen) atoms. The maximum Gasteiger partial charge on any atom is 0.233 e. The fourth-order valence-corrected chi connectivity index (χ4v) is 4.44. The zero-order valence-corrected chi connectivity index (χ0v) is 18.8. The van der Waals surface area contributed by atoms with Crippen molar-refractivity contribution >= 4 is 40.9 Å². The molecule has 0 bridgehead atoms. The van der Waals surface area contributed by atoms with Gasteiger partial charge in [0.15, 0.2) is 5.16 Å². The molecule has 2 aromatic carbocycles. The van der Waals surface area contributed by atoms with Crippen LogP contribution >= 0.6 is 35.0 Å². The molecule has 3 rings (SSSR count). The summed E-state index contributed by atoms with van der Waals surface area (Å²) in [7, 11) is 1.77. The molecule has 0 spiro atoms. The molecule has 0 saturated heterocycles. The van der Waals surface area contributed by atoms with Crippen LogP contribution in [-0.4, -0.2) is 38.4 Å². The Hall–Kier alpha value is -2.02. The molecule has 1 aromatic heterocycles. The Labute approximate surface area is 185 Å². The summed E-state index contributed by atoms with van der Waals surface area (Å²) in [4.78, 5) is 14.5. The average molecular weight is 449 g/mol.